The van der Waals surface area contributed by atoms with Crippen LogP contribution in [0.5, 0.6) is 6.08 Å². The Hall–Kier alpha value is -1.59. The lowest BCUT2D eigenvalue weighted by Gasteiger charge is -2.17. The van der Waals surface area contributed by atoms with Crippen LogP contribution in [0.4, 0.5) is 0 Å². The van der Waals surface area contributed by atoms with Gasteiger partial charge in [0.25, 0.3) is 5.91 Å². The van der Waals surface area contributed by atoms with E-state index in [1.165, 1.54) is 0 Å². The first-order valence-corrected chi connectivity index (χ1v) is 4.88. The summed E-state index contributed by atoms with van der Waals surface area (Å²) in [6.07, 6.45) is 0.0352. The zero-order chi connectivity index (χ0) is 11.3. The van der Waals surface area contributed by atoms with E-state index < -0.39 is 0 Å². The summed E-state index contributed by atoms with van der Waals surface area (Å²) < 4.78 is 9.75. The zero-order valence-corrected chi connectivity index (χ0v) is 9.19. The summed E-state index contributed by atoms with van der Waals surface area (Å²) in [5.74, 6) is 0.399. The fraction of sp³-hybridized carbons (Fsp3) is 0.667. The van der Waals surface area contributed by atoms with Crippen molar-refractivity contribution >= 4 is 5.91 Å². The molecule has 0 atom stereocenters. The smallest absolute Gasteiger partial charge is 0.417 e. The van der Waals surface area contributed by atoms with Crippen molar-refractivity contribution in [1.29, 1.82) is 0 Å². The Balaban J connectivity index is 2.40. The summed E-state index contributed by atoms with van der Waals surface area (Å²) in [6, 6.07) is 0. The number of carbonyl (C=O) groups is 1. The molecule has 0 bridgehead atoms. The zero-order valence-electron chi connectivity index (χ0n) is 9.19. The van der Waals surface area contributed by atoms with E-state index in [1.807, 2.05) is 13.8 Å². The average molecular weight is 213 g/mol. The molecule has 0 radical (unpaired) electrons. The molecular formula is C9H15N3O3. The van der Waals surface area contributed by atoms with Gasteiger partial charge in [-0.25, -0.2) is 0 Å². The fourth-order valence-electron chi connectivity index (χ4n) is 1.13. The highest BCUT2D eigenvalue weighted by molar-refractivity contribution is 5.77. The lowest BCUT2D eigenvalue weighted by molar-refractivity contribution is -0.133. The van der Waals surface area contributed by atoms with Gasteiger partial charge in [-0.2, -0.15) is 4.98 Å². The van der Waals surface area contributed by atoms with Gasteiger partial charge in [0.2, 0.25) is 0 Å². The van der Waals surface area contributed by atoms with Gasteiger partial charge in [0, 0.05) is 13.1 Å². The van der Waals surface area contributed by atoms with Crippen molar-refractivity contribution in [3.63, 3.8) is 0 Å². The number of ether oxygens (including phenoxy) is 1. The number of carbonyl (C=O) groups excluding carboxylic acids is 1. The minimum Gasteiger partial charge on any atom is -0.439 e. The van der Waals surface area contributed by atoms with Gasteiger partial charge in [-0.05, 0) is 20.8 Å². The maximum Gasteiger partial charge on any atom is 0.417 e. The lowest BCUT2D eigenvalue weighted by atomic mass is 10.5. The van der Waals surface area contributed by atoms with Crippen LogP contribution in [0.15, 0.2) is 4.52 Å². The van der Waals surface area contributed by atoms with Gasteiger partial charge in [0.05, 0.1) is 0 Å². The van der Waals surface area contributed by atoms with E-state index >= 15 is 0 Å². The number of hydrogen-bond donors (Lipinski definition) is 0. The Morgan fingerprint density at radius 3 is 2.60 bits per heavy atom. The molecule has 0 aliphatic carbocycles. The van der Waals surface area contributed by atoms with Crippen molar-refractivity contribution in [3.05, 3.63) is 5.82 Å². The maximum absolute atomic E-state index is 11.5. The third kappa shape index (κ3) is 3.23. The second-order valence-corrected chi connectivity index (χ2v) is 2.96. The molecule has 0 saturated heterocycles. The quantitative estimate of drug-likeness (QED) is 0.717. The Morgan fingerprint density at radius 1 is 1.47 bits per heavy atom. The van der Waals surface area contributed by atoms with Crippen molar-refractivity contribution in [3.8, 4) is 6.08 Å². The van der Waals surface area contributed by atoms with Crippen LogP contribution < -0.4 is 4.74 Å². The monoisotopic (exact) mass is 213 g/mol. The third-order valence-corrected chi connectivity index (χ3v) is 1.94. The van der Waals surface area contributed by atoms with Crippen LogP contribution in [0.25, 0.3) is 0 Å². The maximum atomic E-state index is 11.5. The van der Waals surface area contributed by atoms with E-state index in [4.69, 9.17) is 9.26 Å². The highest BCUT2D eigenvalue weighted by atomic mass is 16.6. The molecule has 6 nitrogen and oxygen atoms in total. The van der Waals surface area contributed by atoms with Crippen LogP contribution in [0, 0.1) is 6.92 Å². The first-order valence-electron chi connectivity index (χ1n) is 4.88. The molecule has 0 saturated carbocycles. The van der Waals surface area contributed by atoms with Crippen molar-refractivity contribution in [2.45, 2.75) is 20.8 Å². The number of rotatable bonds is 5. The summed E-state index contributed by atoms with van der Waals surface area (Å²) >= 11 is 0. The number of nitrogens with zero attached hydrogens (tertiary/aromatic N) is 3. The van der Waals surface area contributed by atoms with Crippen LogP contribution in [-0.2, 0) is 4.79 Å². The summed E-state index contributed by atoms with van der Waals surface area (Å²) in [6.45, 7) is 6.78. The minimum absolute atomic E-state index is 0.0352. The standard InChI is InChI=1S/C9H15N3O3/c1-4-12(5-2)8(13)6-14-9-10-7(3)11-15-9/h4-6H2,1-3H3. The molecule has 0 N–H and O–H groups in total. The molecule has 0 spiro atoms. The predicted octanol–water partition coefficient (Wildman–Crippen LogP) is 0.625. The summed E-state index contributed by atoms with van der Waals surface area (Å²) in [7, 11) is 0. The Labute approximate surface area is 88.2 Å². The van der Waals surface area contributed by atoms with Crippen molar-refractivity contribution in [1.82, 2.24) is 15.0 Å². The molecule has 0 fully saturated rings. The van der Waals surface area contributed by atoms with E-state index in [1.54, 1.807) is 11.8 Å². The molecule has 1 rings (SSSR count). The Bertz CT molecular complexity index is 320. The molecule has 1 amide bonds. The van der Waals surface area contributed by atoms with Crippen LogP contribution >= 0.6 is 0 Å². The minimum atomic E-state index is -0.0872. The van der Waals surface area contributed by atoms with Gasteiger partial charge in [0.15, 0.2) is 12.4 Å². The number of hydrogen-bond acceptors (Lipinski definition) is 5. The lowest BCUT2D eigenvalue weighted by Crippen LogP contribution is -2.34. The van der Waals surface area contributed by atoms with Gasteiger partial charge in [0.1, 0.15) is 0 Å². The van der Waals surface area contributed by atoms with Crippen molar-refractivity contribution in [2.24, 2.45) is 0 Å². The summed E-state index contributed by atoms with van der Waals surface area (Å²) in [5.41, 5.74) is 0. The van der Waals surface area contributed by atoms with Gasteiger partial charge in [-0.15, -0.1) is 0 Å². The first-order chi connectivity index (χ1) is 7.17. The first kappa shape index (κ1) is 11.5. The van der Waals surface area contributed by atoms with Crippen LogP contribution in [0.2, 0.25) is 0 Å². The van der Waals surface area contributed by atoms with Gasteiger partial charge in [-0.1, -0.05) is 5.16 Å². The molecule has 15 heavy (non-hydrogen) atoms. The molecule has 1 aromatic rings. The topological polar surface area (TPSA) is 68.5 Å². The molecule has 1 aromatic heterocycles. The van der Waals surface area contributed by atoms with Gasteiger partial charge >= 0.3 is 6.08 Å². The highest BCUT2D eigenvalue weighted by Crippen LogP contribution is 2.05. The van der Waals surface area contributed by atoms with E-state index in [9.17, 15) is 4.79 Å². The summed E-state index contributed by atoms with van der Waals surface area (Å²) in [5, 5.41) is 3.54. The fourth-order valence-corrected chi connectivity index (χ4v) is 1.13. The largest absolute Gasteiger partial charge is 0.439 e. The van der Waals surface area contributed by atoms with Crippen LogP contribution in [0.1, 0.15) is 19.7 Å². The van der Waals surface area contributed by atoms with E-state index in [0.717, 1.165) is 0 Å². The van der Waals surface area contributed by atoms with E-state index in [2.05, 4.69) is 10.1 Å². The number of likely N-dealkylation sites (N-methyl/N-ethyl adjacent to an activating group) is 1. The van der Waals surface area contributed by atoms with Crippen molar-refractivity contribution in [2.75, 3.05) is 19.7 Å². The molecule has 0 aromatic carbocycles. The van der Waals surface area contributed by atoms with Gasteiger partial charge in [-0.3, -0.25) is 9.32 Å². The number of aryl methyl sites for hydroxylation is 1. The molecule has 0 aliphatic rings. The SMILES string of the molecule is CCN(CC)C(=O)COc1nc(C)no1. The molecular weight excluding hydrogens is 198 g/mol. The molecule has 84 valence electrons. The number of amides is 1. The predicted molar refractivity (Wildman–Crippen MR) is 52.5 cm³/mol. The second-order valence-electron chi connectivity index (χ2n) is 2.96. The molecule has 1 heterocycles. The number of aromatic nitrogens is 2. The van der Waals surface area contributed by atoms with E-state index in [0.29, 0.717) is 18.9 Å². The molecule has 0 aliphatic heterocycles. The average Bonchev–Trinajstić information content (AvgIpc) is 2.63. The van der Waals surface area contributed by atoms with Crippen LogP contribution in [-0.4, -0.2) is 40.6 Å². The normalized spacial score (nSPS) is 10.1. The van der Waals surface area contributed by atoms with E-state index in [-0.39, 0.29) is 18.6 Å². The Morgan fingerprint density at radius 2 is 2.13 bits per heavy atom. The molecule has 6 heteroatoms. The summed E-state index contributed by atoms with van der Waals surface area (Å²) in [4.78, 5) is 17.0. The Kier molecular flexibility index (Phi) is 4.08. The molecule has 0 unspecified atom stereocenters. The highest BCUT2D eigenvalue weighted by Gasteiger charge is 2.12. The van der Waals surface area contributed by atoms with Crippen LogP contribution in [0.3, 0.4) is 0 Å². The van der Waals surface area contributed by atoms with Crippen molar-refractivity contribution < 1.29 is 14.1 Å². The second kappa shape index (κ2) is 5.33. The third-order valence-electron chi connectivity index (χ3n) is 1.94. The van der Waals surface area contributed by atoms with Gasteiger partial charge < -0.3 is 9.64 Å².